The Bertz CT molecular complexity index is 376. The van der Waals surface area contributed by atoms with Crippen LogP contribution < -0.4 is 0 Å². The second kappa shape index (κ2) is 17.3. The smallest absolute Gasteiger partial charge is 0.186 e. The van der Waals surface area contributed by atoms with Gasteiger partial charge in [-0.2, -0.15) is 0 Å². The van der Waals surface area contributed by atoms with E-state index in [9.17, 15) is 20.4 Å². The monoisotopic (exact) mass is 432 g/mol. The van der Waals surface area contributed by atoms with Crippen molar-refractivity contribution < 1.29 is 29.9 Å². The van der Waals surface area contributed by atoms with Gasteiger partial charge < -0.3 is 29.9 Å². The number of hydrogen-bond acceptors (Lipinski definition) is 6. The van der Waals surface area contributed by atoms with Gasteiger partial charge in [-0.05, 0) is 18.8 Å². The standard InChI is InChI=1S/C24H48O6/c1-3-5-7-9-11-13-15-19(16-14-12-10-8-6-4-2)18-29-24-23(28)22(27)21(26)20(17-25)30-24/h19-28H,3-18H2,1-2H3/t20-,21-,22+,23-,24-/m1/s1. The van der Waals surface area contributed by atoms with Crippen LogP contribution in [0.1, 0.15) is 104 Å². The fourth-order valence-corrected chi connectivity index (χ4v) is 4.17. The van der Waals surface area contributed by atoms with E-state index in [1.165, 1.54) is 77.0 Å². The highest BCUT2D eigenvalue weighted by Gasteiger charge is 2.44. The molecule has 1 rings (SSSR count). The SMILES string of the molecule is CCCCCCCCC(CCCCCCCC)CO[C@@H]1O[C@H](CO)[C@@H](O)[C@H](O)[C@H]1O. The Morgan fingerprint density at radius 3 is 1.70 bits per heavy atom. The van der Waals surface area contributed by atoms with E-state index in [2.05, 4.69) is 13.8 Å². The zero-order chi connectivity index (χ0) is 22.2. The minimum atomic E-state index is -1.38. The lowest BCUT2D eigenvalue weighted by molar-refractivity contribution is -0.303. The van der Waals surface area contributed by atoms with Crippen LogP contribution in [0.5, 0.6) is 0 Å². The van der Waals surface area contributed by atoms with Crippen molar-refractivity contribution in [2.24, 2.45) is 5.92 Å². The van der Waals surface area contributed by atoms with Gasteiger partial charge in [-0.15, -0.1) is 0 Å². The van der Waals surface area contributed by atoms with Crippen LogP contribution in [0.25, 0.3) is 0 Å². The molecule has 6 nitrogen and oxygen atoms in total. The molecule has 1 saturated heterocycles. The molecule has 1 aliphatic heterocycles. The molecule has 0 amide bonds. The average molecular weight is 433 g/mol. The summed E-state index contributed by atoms with van der Waals surface area (Å²) in [4.78, 5) is 0. The van der Waals surface area contributed by atoms with Crippen LogP contribution in [-0.2, 0) is 9.47 Å². The van der Waals surface area contributed by atoms with Crippen molar-refractivity contribution in [3.05, 3.63) is 0 Å². The van der Waals surface area contributed by atoms with E-state index in [0.29, 0.717) is 12.5 Å². The Hall–Kier alpha value is -0.240. The van der Waals surface area contributed by atoms with Crippen LogP contribution in [0.4, 0.5) is 0 Å². The Morgan fingerprint density at radius 1 is 0.700 bits per heavy atom. The lowest BCUT2D eigenvalue weighted by Gasteiger charge is -2.40. The normalized spacial score (nSPS) is 27.1. The molecule has 0 bridgehead atoms. The van der Waals surface area contributed by atoms with Crippen LogP contribution in [0.15, 0.2) is 0 Å². The fourth-order valence-electron chi connectivity index (χ4n) is 4.17. The van der Waals surface area contributed by atoms with Crippen LogP contribution in [0, 0.1) is 5.92 Å². The zero-order valence-corrected chi connectivity index (χ0v) is 19.4. The number of aliphatic hydroxyl groups excluding tert-OH is 4. The van der Waals surface area contributed by atoms with Gasteiger partial charge in [0.2, 0.25) is 0 Å². The van der Waals surface area contributed by atoms with Crippen molar-refractivity contribution in [2.45, 2.75) is 134 Å². The molecule has 1 aliphatic rings. The Balaban J connectivity index is 2.43. The van der Waals surface area contributed by atoms with Crippen molar-refractivity contribution in [1.82, 2.24) is 0 Å². The zero-order valence-electron chi connectivity index (χ0n) is 19.4. The molecule has 0 aromatic carbocycles. The summed E-state index contributed by atoms with van der Waals surface area (Å²) in [5.41, 5.74) is 0. The third kappa shape index (κ3) is 10.9. The quantitative estimate of drug-likeness (QED) is 0.245. The molecule has 0 aliphatic carbocycles. The molecule has 0 aromatic heterocycles. The van der Waals surface area contributed by atoms with Gasteiger partial charge in [0.15, 0.2) is 6.29 Å². The minimum absolute atomic E-state index is 0.398. The van der Waals surface area contributed by atoms with Gasteiger partial charge in [0.1, 0.15) is 24.4 Å². The van der Waals surface area contributed by atoms with Crippen LogP contribution >= 0.6 is 0 Å². The van der Waals surface area contributed by atoms with Crippen molar-refractivity contribution in [3.8, 4) is 0 Å². The van der Waals surface area contributed by atoms with Gasteiger partial charge in [-0.3, -0.25) is 0 Å². The van der Waals surface area contributed by atoms with Crippen molar-refractivity contribution >= 4 is 0 Å². The number of ether oxygens (including phenoxy) is 2. The second-order valence-corrected chi connectivity index (χ2v) is 9.01. The predicted octanol–water partition coefficient (Wildman–Crippen LogP) is 3.92. The molecule has 4 N–H and O–H groups in total. The van der Waals surface area contributed by atoms with Crippen molar-refractivity contribution in [1.29, 1.82) is 0 Å². The highest BCUT2D eigenvalue weighted by Crippen LogP contribution is 2.25. The molecule has 30 heavy (non-hydrogen) atoms. The molecular formula is C24H48O6. The summed E-state index contributed by atoms with van der Waals surface area (Å²) in [6.07, 6.45) is 11.4. The first-order chi connectivity index (χ1) is 14.5. The van der Waals surface area contributed by atoms with E-state index in [0.717, 1.165) is 12.8 Å². The van der Waals surface area contributed by atoms with Gasteiger partial charge in [-0.1, -0.05) is 90.9 Å². The first-order valence-electron chi connectivity index (χ1n) is 12.5. The lowest BCUT2D eigenvalue weighted by atomic mass is 9.94. The highest BCUT2D eigenvalue weighted by molar-refractivity contribution is 4.88. The third-order valence-corrected chi connectivity index (χ3v) is 6.28. The Labute approximate surface area is 184 Å². The van der Waals surface area contributed by atoms with Crippen LogP contribution in [-0.4, -0.2) is 64.3 Å². The fraction of sp³-hybridized carbons (Fsp3) is 1.00. The topological polar surface area (TPSA) is 99.4 Å². The van der Waals surface area contributed by atoms with Gasteiger partial charge in [-0.25, -0.2) is 0 Å². The van der Waals surface area contributed by atoms with Crippen LogP contribution in [0.2, 0.25) is 0 Å². The molecule has 0 aromatic rings. The summed E-state index contributed by atoms with van der Waals surface area (Å²) in [5.74, 6) is 0.398. The van der Waals surface area contributed by atoms with Gasteiger partial charge >= 0.3 is 0 Å². The van der Waals surface area contributed by atoms with E-state index in [-0.39, 0.29) is 0 Å². The largest absolute Gasteiger partial charge is 0.394 e. The summed E-state index contributed by atoms with van der Waals surface area (Å²) in [6.45, 7) is 4.50. The maximum Gasteiger partial charge on any atom is 0.186 e. The van der Waals surface area contributed by atoms with Crippen LogP contribution in [0.3, 0.4) is 0 Å². The lowest BCUT2D eigenvalue weighted by Crippen LogP contribution is -2.59. The number of rotatable bonds is 18. The molecule has 6 heteroatoms. The molecule has 1 fully saturated rings. The molecule has 0 spiro atoms. The molecule has 5 atom stereocenters. The maximum atomic E-state index is 10.2. The summed E-state index contributed by atoms with van der Waals surface area (Å²) in [7, 11) is 0. The van der Waals surface area contributed by atoms with Gasteiger partial charge in [0.05, 0.1) is 13.2 Å². The predicted molar refractivity (Wildman–Crippen MR) is 119 cm³/mol. The minimum Gasteiger partial charge on any atom is -0.394 e. The number of unbranched alkanes of at least 4 members (excludes halogenated alkanes) is 10. The first kappa shape index (κ1) is 27.8. The second-order valence-electron chi connectivity index (χ2n) is 9.01. The first-order valence-corrected chi connectivity index (χ1v) is 12.5. The maximum absolute atomic E-state index is 10.2. The third-order valence-electron chi connectivity index (χ3n) is 6.28. The Morgan fingerprint density at radius 2 is 1.20 bits per heavy atom. The van der Waals surface area contributed by atoms with E-state index in [1.807, 2.05) is 0 Å². The Kier molecular flexibility index (Phi) is 16.1. The van der Waals surface area contributed by atoms with Gasteiger partial charge in [0, 0.05) is 0 Å². The highest BCUT2D eigenvalue weighted by atomic mass is 16.7. The van der Waals surface area contributed by atoms with E-state index < -0.39 is 37.3 Å². The molecule has 180 valence electrons. The molecular weight excluding hydrogens is 384 g/mol. The molecule has 0 saturated carbocycles. The molecule has 1 heterocycles. The van der Waals surface area contributed by atoms with E-state index >= 15 is 0 Å². The summed E-state index contributed by atoms with van der Waals surface area (Å²) in [6, 6.07) is 0. The van der Waals surface area contributed by atoms with E-state index in [1.54, 1.807) is 0 Å². The molecule has 0 unspecified atom stereocenters. The van der Waals surface area contributed by atoms with Gasteiger partial charge in [0.25, 0.3) is 0 Å². The van der Waals surface area contributed by atoms with E-state index in [4.69, 9.17) is 9.47 Å². The molecule has 0 radical (unpaired) electrons. The average Bonchev–Trinajstić information content (AvgIpc) is 2.75. The number of aliphatic hydroxyl groups is 4. The van der Waals surface area contributed by atoms with Crippen molar-refractivity contribution in [3.63, 3.8) is 0 Å². The summed E-state index contributed by atoms with van der Waals surface area (Å²) >= 11 is 0. The number of hydrogen-bond donors (Lipinski definition) is 4. The van der Waals surface area contributed by atoms with Crippen molar-refractivity contribution in [2.75, 3.05) is 13.2 Å². The summed E-state index contributed by atoms with van der Waals surface area (Å²) < 4.78 is 11.3. The summed E-state index contributed by atoms with van der Waals surface area (Å²) in [5, 5.41) is 39.4.